The van der Waals surface area contributed by atoms with Gasteiger partial charge in [-0.25, -0.2) is 4.79 Å². The van der Waals surface area contributed by atoms with Crippen LogP contribution in [0.4, 0.5) is 13.2 Å². The Kier molecular flexibility index (Phi) is 14.1. The lowest BCUT2D eigenvalue weighted by atomic mass is 10.1. The number of amides is 3. The number of alkyl halides is 3. The number of imidazole rings is 2. The van der Waals surface area contributed by atoms with Gasteiger partial charge >= 0.3 is 12.1 Å². The van der Waals surface area contributed by atoms with Gasteiger partial charge in [0.05, 0.1) is 33.5 Å². The standard InChI is InChI=1S/C41H51N11O5.C2HF3O2/c1-11-51-32(17-26(5)45-51)37(54)43-39-47(9)29-15-13-14-16-30(29)49(39)21-24(3)25(4)22-50-35-31(19-28(36(42)53)20-34(35)57-23-41(7,8)56)48(10)40(50)44-38(55)33-18-27(6)46-52(33)12-2;3-2(4,5)1(6)7/h13-20,56H,11-12,21-23H2,1-10H3,(H2,42,53);(H,6,7)/b25-24+,43-39+,44-40+;. The van der Waals surface area contributed by atoms with Gasteiger partial charge in [0.1, 0.15) is 29.3 Å². The molecule has 6 aromatic rings. The summed E-state index contributed by atoms with van der Waals surface area (Å²) in [6.07, 6.45) is -5.08. The van der Waals surface area contributed by atoms with E-state index in [0.717, 1.165) is 27.9 Å². The Morgan fingerprint density at radius 2 is 1.22 bits per heavy atom. The third-order valence-electron chi connectivity index (χ3n) is 10.2. The molecule has 4 N–H and O–H groups in total. The average molecular weight is 892 g/mol. The molecule has 6 rings (SSSR count). The zero-order valence-electron chi connectivity index (χ0n) is 37.3. The summed E-state index contributed by atoms with van der Waals surface area (Å²) in [5.41, 5.74) is 12.5. The number of benzene rings is 2. The minimum atomic E-state index is -5.08. The Balaban J connectivity index is 0.00000102. The number of hydrogen-bond acceptors (Lipinski definition) is 8. The molecule has 0 aliphatic heterocycles. The van der Waals surface area contributed by atoms with Crippen molar-refractivity contribution in [3.63, 3.8) is 0 Å². The molecule has 4 heterocycles. The van der Waals surface area contributed by atoms with Crippen molar-refractivity contribution in [1.82, 2.24) is 37.8 Å². The molecular weight excluding hydrogens is 840 g/mol. The summed E-state index contributed by atoms with van der Waals surface area (Å²) in [4.78, 5) is 58.4. The molecule has 0 bridgehead atoms. The number of allylic oxidation sites excluding steroid dienone is 2. The molecule has 0 aliphatic rings. The van der Waals surface area contributed by atoms with Crippen LogP contribution in [0, 0.1) is 13.8 Å². The zero-order chi connectivity index (χ0) is 47.6. The predicted molar refractivity (Wildman–Crippen MR) is 229 cm³/mol. The normalized spacial score (nSPS) is 13.0. The van der Waals surface area contributed by atoms with Crippen LogP contribution < -0.4 is 21.7 Å². The van der Waals surface area contributed by atoms with Gasteiger partial charge in [0.25, 0.3) is 11.8 Å². The molecule has 2 aromatic carbocycles. The summed E-state index contributed by atoms with van der Waals surface area (Å²) in [5, 5.41) is 26.6. The molecule has 0 unspecified atom stereocenters. The first-order valence-corrected chi connectivity index (χ1v) is 20.1. The van der Waals surface area contributed by atoms with Crippen molar-refractivity contribution >= 4 is 45.8 Å². The van der Waals surface area contributed by atoms with Crippen LogP contribution in [-0.4, -0.2) is 90.1 Å². The largest absolute Gasteiger partial charge is 0.490 e. The smallest absolute Gasteiger partial charge is 0.488 e. The number of aliphatic hydroxyl groups is 1. The second kappa shape index (κ2) is 18.8. The fourth-order valence-electron chi connectivity index (χ4n) is 6.92. The van der Waals surface area contributed by atoms with Crippen molar-refractivity contribution in [3.05, 3.63) is 99.3 Å². The van der Waals surface area contributed by atoms with Crippen molar-refractivity contribution in [2.75, 3.05) is 6.61 Å². The second-order valence-corrected chi connectivity index (χ2v) is 15.9. The summed E-state index contributed by atoms with van der Waals surface area (Å²) in [7, 11) is 3.64. The summed E-state index contributed by atoms with van der Waals surface area (Å²) in [5.74, 6) is -4.02. The van der Waals surface area contributed by atoms with Crippen LogP contribution in [0.3, 0.4) is 0 Å². The number of fused-ring (bicyclic) bond motifs is 2. The molecule has 0 aliphatic carbocycles. The number of ether oxygens (including phenoxy) is 1. The minimum absolute atomic E-state index is 0.0885. The molecule has 64 heavy (non-hydrogen) atoms. The molecule has 0 saturated carbocycles. The van der Waals surface area contributed by atoms with Gasteiger partial charge in [0, 0.05) is 45.8 Å². The van der Waals surface area contributed by atoms with Crippen LogP contribution in [0.15, 0.2) is 69.7 Å². The lowest BCUT2D eigenvalue weighted by molar-refractivity contribution is -0.192. The van der Waals surface area contributed by atoms with Crippen molar-refractivity contribution in [2.24, 2.45) is 29.8 Å². The maximum absolute atomic E-state index is 13.9. The number of carboxylic acids is 1. The quantitative estimate of drug-likeness (QED) is 0.144. The number of rotatable bonds is 12. The number of nitrogens with two attached hydrogens (primary N) is 1. The predicted octanol–water partition coefficient (Wildman–Crippen LogP) is 4.72. The number of carbonyl (C=O) groups is 4. The number of aryl methyl sites for hydroxylation is 6. The molecule has 0 spiro atoms. The fraction of sp³-hybridized carbons (Fsp3) is 0.395. The van der Waals surface area contributed by atoms with E-state index in [2.05, 4.69) is 20.2 Å². The average Bonchev–Trinajstić information content (AvgIpc) is 3.95. The number of aliphatic carboxylic acids is 1. The van der Waals surface area contributed by atoms with E-state index in [4.69, 9.17) is 20.4 Å². The van der Waals surface area contributed by atoms with E-state index >= 15 is 0 Å². The van der Waals surface area contributed by atoms with E-state index in [9.17, 15) is 32.7 Å². The molecule has 3 amide bonds. The van der Waals surface area contributed by atoms with E-state index in [0.29, 0.717) is 59.0 Å². The van der Waals surface area contributed by atoms with Crippen molar-refractivity contribution in [3.8, 4) is 5.75 Å². The number of primary amides is 1. The molecule has 342 valence electrons. The van der Waals surface area contributed by atoms with Crippen LogP contribution >= 0.6 is 0 Å². The van der Waals surface area contributed by atoms with Gasteiger partial charge < -0.3 is 39.0 Å². The molecule has 18 nitrogen and oxygen atoms in total. The maximum atomic E-state index is 13.9. The SMILES string of the molecule is CCn1nc(C)cc1C(=O)/N=c1\n(C)c2ccccc2n1C/C(C)=C(\C)Cn1/c(=N/C(=O)c2cc(C)nn2CC)n(C)c2cc(C(N)=O)cc(OCC(C)(C)O)c21.O=C(O)C(F)(F)F. The Labute approximate surface area is 365 Å². The van der Waals surface area contributed by atoms with Crippen LogP contribution in [0.2, 0.25) is 0 Å². The Morgan fingerprint density at radius 3 is 1.67 bits per heavy atom. The topological polar surface area (TPSA) is 224 Å². The highest BCUT2D eigenvalue weighted by Gasteiger charge is 2.38. The Hall–Kier alpha value is -7.03. The third-order valence-corrected chi connectivity index (χ3v) is 10.2. The Bertz CT molecular complexity index is 2970. The molecular formula is C43H52F3N11O7. The zero-order valence-corrected chi connectivity index (χ0v) is 37.3. The van der Waals surface area contributed by atoms with Gasteiger partial charge in [-0.1, -0.05) is 23.3 Å². The fourth-order valence-corrected chi connectivity index (χ4v) is 6.92. The van der Waals surface area contributed by atoms with Crippen molar-refractivity contribution in [1.29, 1.82) is 0 Å². The first-order chi connectivity index (χ1) is 29.9. The first-order valence-electron chi connectivity index (χ1n) is 20.1. The van der Waals surface area contributed by atoms with Crippen molar-refractivity contribution in [2.45, 2.75) is 93.3 Å². The molecule has 21 heteroatoms. The highest BCUT2D eigenvalue weighted by molar-refractivity contribution is 5.99. The minimum Gasteiger partial charge on any atom is -0.488 e. The van der Waals surface area contributed by atoms with Crippen LogP contribution in [0.1, 0.15) is 84.3 Å². The highest BCUT2D eigenvalue weighted by Crippen LogP contribution is 2.29. The number of aromatic nitrogens is 8. The lowest BCUT2D eigenvalue weighted by Gasteiger charge is -2.19. The van der Waals surface area contributed by atoms with E-state index < -0.39 is 35.5 Å². The van der Waals surface area contributed by atoms with Crippen LogP contribution in [0.25, 0.3) is 22.1 Å². The summed E-state index contributed by atoms with van der Waals surface area (Å²) in [6.45, 7) is 16.3. The van der Waals surface area contributed by atoms with Gasteiger partial charge in [-0.05, 0) is 91.8 Å². The number of para-hydroxylation sites is 2. The summed E-state index contributed by atoms with van der Waals surface area (Å²) >= 11 is 0. The van der Waals surface area contributed by atoms with E-state index in [1.54, 1.807) is 59.1 Å². The van der Waals surface area contributed by atoms with Crippen LogP contribution in [-0.2, 0) is 45.1 Å². The third kappa shape index (κ3) is 10.4. The van der Waals surface area contributed by atoms with Gasteiger partial charge in [0.2, 0.25) is 17.1 Å². The van der Waals surface area contributed by atoms with Gasteiger partial charge in [-0.3, -0.25) is 23.7 Å². The number of carboxylic acid groups (broad SMARTS) is 1. The second-order valence-electron chi connectivity index (χ2n) is 15.9. The van der Waals surface area contributed by atoms with Crippen molar-refractivity contribution < 1.29 is 47.3 Å². The first kappa shape index (κ1) is 48.0. The van der Waals surface area contributed by atoms with E-state index in [1.807, 2.05) is 86.6 Å². The van der Waals surface area contributed by atoms with Gasteiger partial charge in [0.15, 0.2) is 0 Å². The van der Waals surface area contributed by atoms with E-state index in [-0.39, 0.29) is 24.5 Å². The number of hydrogen-bond donors (Lipinski definition) is 3. The molecule has 0 radical (unpaired) electrons. The highest BCUT2D eigenvalue weighted by atomic mass is 19.4. The van der Waals surface area contributed by atoms with Crippen LogP contribution in [0.5, 0.6) is 5.75 Å². The van der Waals surface area contributed by atoms with Gasteiger partial charge in [-0.15, -0.1) is 0 Å². The monoisotopic (exact) mass is 891 g/mol. The molecule has 0 fully saturated rings. The molecule has 0 atom stereocenters. The maximum Gasteiger partial charge on any atom is 0.490 e. The Morgan fingerprint density at radius 1 is 0.766 bits per heavy atom. The number of nitrogens with zero attached hydrogens (tertiary/aromatic N) is 10. The molecule has 4 aromatic heterocycles. The number of carbonyl (C=O) groups excluding carboxylic acids is 3. The van der Waals surface area contributed by atoms with E-state index in [1.165, 1.54) is 0 Å². The molecule has 0 saturated heterocycles. The van der Waals surface area contributed by atoms with Gasteiger partial charge in [-0.2, -0.15) is 33.4 Å². The summed E-state index contributed by atoms with van der Waals surface area (Å²) in [6, 6.07) is 14.5. The number of halogens is 3. The summed E-state index contributed by atoms with van der Waals surface area (Å²) < 4.78 is 48.7. The lowest BCUT2D eigenvalue weighted by Crippen LogP contribution is -2.29.